The van der Waals surface area contributed by atoms with Gasteiger partial charge in [-0.15, -0.1) is 6.58 Å². The highest BCUT2D eigenvalue weighted by Gasteiger charge is 2.32. The number of rotatable bonds is 5. The monoisotopic (exact) mass is 521 g/mol. The number of aryl methyl sites for hydroxylation is 1. The molecule has 0 radical (unpaired) electrons. The maximum Gasteiger partial charge on any atom is 0.267 e. The smallest absolute Gasteiger partial charge is 0.267 e. The Morgan fingerprint density at radius 3 is 2.56 bits per heavy atom. The Kier molecular flexibility index (Phi) is 6.63. The molecule has 1 amide bonds. The van der Waals surface area contributed by atoms with Crippen LogP contribution in [0.4, 0.5) is 15.9 Å². The zero-order chi connectivity index (χ0) is 25.4. The van der Waals surface area contributed by atoms with Crippen LogP contribution in [0.25, 0.3) is 11.7 Å². The van der Waals surface area contributed by atoms with E-state index < -0.39 is 0 Å². The Morgan fingerprint density at radius 2 is 1.83 bits per heavy atom. The first-order valence-corrected chi connectivity index (χ1v) is 12.7. The Balaban J connectivity index is 1.55. The molecule has 0 spiro atoms. The van der Waals surface area contributed by atoms with E-state index in [-0.39, 0.29) is 17.3 Å². The number of para-hydroxylation sites is 1. The maximum atomic E-state index is 14.3. The van der Waals surface area contributed by atoms with Gasteiger partial charge in [-0.2, -0.15) is 0 Å². The molecule has 4 heterocycles. The summed E-state index contributed by atoms with van der Waals surface area (Å²) in [6.07, 6.45) is 4.96. The highest BCUT2D eigenvalue weighted by atomic mass is 32.2. The number of hydrogen-bond donors (Lipinski definition) is 0. The van der Waals surface area contributed by atoms with Crippen LogP contribution in [0.15, 0.2) is 64.9 Å². The molecule has 0 atom stereocenters. The van der Waals surface area contributed by atoms with Gasteiger partial charge < -0.3 is 9.80 Å². The molecule has 2 aliphatic rings. The lowest BCUT2D eigenvalue weighted by Gasteiger charge is -2.37. The number of thiocarbonyl (C=S) groups is 1. The van der Waals surface area contributed by atoms with Crippen molar-refractivity contribution < 1.29 is 9.18 Å². The van der Waals surface area contributed by atoms with Crippen molar-refractivity contribution in [2.24, 2.45) is 0 Å². The number of hydrogen-bond acceptors (Lipinski definition) is 7. The predicted octanol–water partition coefficient (Wildman–Crippen LogP) is 3.86. The lowest BCUT2D eigenvalue weighted by molar-refractivity contribution is -0.121. The van der Waals surface area contributed by atoms with Crippen molar-refractivity contribution in [3.63, 3.8) is 0 Å². The summed E-state index contributed by atoms with van der Waals surface area (Å²) in [5, 5.41) is 0. The molecule has 2 aliphatic heterocycles. The van der Waals surface area contributed by atoms with Crippen molar-refractivity contribution in [1.29, 1.82) is 0 Å². The van der Waals surface area contributed by atoms with Gasteiger partial charge in [-0.3, -0.25) is 18.9 Å². The molecular formula is C26H24FN5O2S2. The number of thioether (sulfide) groups is 1. The molecule has 0 bridgehead atoms. The Hall–Kier alpha value is -3.50. The molecule has 0 aliphatic carbocycles. The molecule has 2 fully saturated rings. The lowest BCUT2D eigenvalue weighted by atomic mass is 10.2. The Labute approximate surface area is 217 Å². The van der Waals surface area contributed by atoms with Gasteiger partial charge in [-0.25, -0.2) is 9.37 Å². The molecular weight excluding hydrogens is 497 g/mol. The SMILES string of the molecule is C=CCN1C(=O)/C(=C\c2c(N3CCN(c4ccccc4F)CC3)nc3ccc(C)cn3c2=O)SC1=S. The average Bonchev–Trinajstić information content (AvgIpc) is 3.14. The second kappa shape index (κ2) is 9.87. The summed E-state index contributed by atoms with van der Waals surface area (Å²) in [6.45, 7) is 8.12. The summed E-state index contributed by atoms with van der Waals surface area (Å²) in [7, 11) is 0. The van der Waals surface area contributed by atoms with Crippen molar-refractivity contribution in [3.05, 3.63) is 87.5 Å². The van der Waals surface area contributed by atoms with Gasteiger partial charge in [0.05, 0.1) is 16.2 Å². The average molecular weight is 522 g/mol. The zero-order valence-electron chi connectivity index (χ0n) is 19.7. The fourth-order valence-corrected chi connectivity index (χ4v) is 5.66. The number of piperazine rings is 1. The molecule has 3 aromatic rings. The second-order valence-electron chi connectivity index (χ2n) is 8.60. The van der Waals surface area contributed by atoms with E-state index in [9.17, 15) is 14.0 Å². The molecule has 5 rings (SSSR count). The van der Waals surface area contributed by atoms with Crippen LogP contribution in [0.3, 0.4) is 0 Å². The van der Waals surface area contributed by atoms with Crippen LogP contribution < -0.4 is 15.4 Å². The first-order chi connectivity index (χ1) is 17.4. The predicted molar refractivity (Wildman–Crippen MR) is 147 cm³/mol. The van der Waals surface area contributed by atoms with Gasteiger partial charge >= 0.3 is 0 Å². The van der Waals surface area contributed by atoms with Crippen LogP contribution in [0.1, 0.15) is 11.1 Å². The van der Waals surface area contributed by atoms with Crippen LogP contribution in [0.2, 0.25) is 0 Å². The summed E-state index contributed by atoms with van der Waals surface area (Å²) in [6, 6.07) is 10.4. The highest BCUT2D eigenvalue weighted by Crippen LogP contribution is 2.33. The molecule has 2 aromatic heterocycles. The van der Waals surface area contributed by atoms with E-state index >= 15 is 0 Å². The van der Waals surface area contributed by atoms with E-state index in [0.29, 0.717) is 64.7 Å². The van der Waals surface area contributed by atoms with Crippen LogP contribution >= 0.6 is 24.0 Å². The number of pyridine rings is 1. The number of carbonyl (C=O) groups excluding carboxylic acids is 1. The third-order valence-corrected chi connectivity index (χ3v) is 7.60. The van der Waals surface area contributed by atoms with E-state index in [0.717, 1.165) is 5.56 Å². The quantitative estimate of drug-likeness (QED) is 0.287. The minimum absolute atomic E-state index is 0.256. The highest BCUT2D eigenvalue weighted by molar-refractivity contribution is 8.26. The molecule has 36 heavy (non-hydrogen) atoms. The number of nitrogens with zero attached hydrogens (tertiary/aromatic N) is 5. The molecule has 10 heteroatoms. The molecule has 0 saturated carbocycles. The van der Waals surface area contributed by atoms with Crippen LogP contribution in [-0.2, 0) is 4.79 Å². The molecule has 7 nitrogen and oxygen atoms in total. The van der Waals surface area contributed by atoms with Crippen molar-refractivity contribution in [2.75, 3.05) is 42.5 Å². The number of halogens is 1. The summed E-state index contributed by atoms with van der Waals surface area (Å²) >= 11 is 6.53. The van der Waals surface area contributed by atoms with Gasteiger partial charge in [0.1, 0.15) is 21.6 Å². The topological polar surface area (TPSA) is 61.2 Å². The van der Waals surface area contributed by atoms with E-state index in [1.807, 2.05) is 34.9 Å². The van der Waals surface area contributed by atoms with Crippen LogP contribution in [0.5, 0.6) is 0 Å². The molecule has 1 aromatic carbocycles. The largest absolute Gasteiger partial charge is 0.366 e. The minimum Gasteiger partial charge on any atom is -0.366 e. The number of carbonyl (C=O) groups is 1. The van der Waals surface area contributed by atoms with Gasteiger partial charge in [-0.05, 0) is 36.8 Å². The van der Waals surface area contributed by atoms with Crippen molar-refractivity contribution in [1.82, 2.24) is 14.3 Å². The minimum atomic E-state index is -0.260. The van der Waals surface area contributed by atoms with Gasteiger partial charge in [0.25, 0.3) is 11.5 Å². The third kappa shape index (κ3) is 4.42. The fourth-order valence-electron chi connectivity index (χ4n) is 4.40. The Bertz CT molecular complexity index is 1480. The summed E-state index contributed by atoms with van der Waals surface area (Å²) in [5.41, 5.74) is 2.07. The summed E-state index contributed by atoms with van der Waals surface area (Å²) in [5.74, 6) is -0.00868. The van der Waals surface area contributed by atoms with Crippen molar-refractivity contribution >= 4 is 57.4 Å². The fraction of sp³-hybridized carbons (Fsp3) is 0.231. The van der Waals surface area contributed by atoms with Crippen LogP contribution in [0, 0.1) is 12.7 Å². The number of benzene rings is 1. The van der Waals surface area contributed by atoms with Gasteiger partial charge in [0.2, 0.25) is 0 Å². The first kappa shape index (κ1) is 24.2. The van der Waals surface area contributed by atoms with Gasteiger partial charge in [0, 0.05) is 38.9 Å². The third-order valence-electron chi connectivity index (χ3n) is 6.22. The summed E-state index contributed by atoms with van der Waals surface area (Å²) < 4.78 is 16.3. The lowest BCUT2D eigenvalue weighted by Crippen LogP contribution is -2.47. The number of fused-ring (bicyclic) bond motifs is 1. The number of amides is 1. The van der Waals surface area contributed by atoms with Crippen LogP contribution in [-0.4, -0.2) is 57.2 Å². The van der Waals surface area contributed by atoms with E-state index in [2.05, 4.69) is 6.58 Å². The van der Waals surface area contributed by atoms with Crippen molar-refractivity contribution in [2.45, 2.75) is 6.92 Å². The normalized spacial score (nSPS) is 17.5. The first-order valence-electron chi connectivity index (χ1n) is 11.5. The zero-order valence-corrected chi connectivity index (χ0v) is 21.3. The van der Waals surface area contributed by atoms with E-state index in [1.165, 1.54) is 27.1 Å². The number of aromatic nitrogens is 2. The summed E-state index contributed by atoms with van der Waals surface area (Å²) in [4.78, 5) is 37.3. The van der Waals surface area contributed by atoms with Crippen molar-refractivity contribution in [3.8, 4) is 0 Å². The van der Waals surface area contributed by atoms with E-state index in [1.54, 1.807) is 30.5 Å². The molecule has 184 valence electrons. The molecule has 2 saturated heterocycles. The molecule has 0 unspecified atom stereocenters. The second-order valence-corrected chi connectivity index (χ2v) is 10.3. The van der Waals surface area contributed by atoms with Gasteiger partial charge in [-0.1, -0.05) is 48.3 Å². The maximum absolute atomic E-state index is 14.3. The van der Waals surface area contributed by atoms with Gasteiger partial charge in [0.15, 0.2) is 0 Å². The number of anilines is 2. The standard InChI is InChI=1S/C26H24FN5O2S2/c1-3-10-31-25(34)21(36-26(31)35)15-18-23(28-22-9-8-17(2)16-32(22)24(18)33)30-13-11-29(12-14-30)20-7-5-4-6-19(20)27/h3-9,15-16H,1,10-14H2,2H3/b21-15+. The Morgan fingerprint density at radius 1 is 1.11 bits per heavy atom. The van der Waals surface area contributed by atoms with E-state index in [4.69, 9.17) is 17.2 Å². The molecule has 0 N–H and O–H groups in total.